The van der Waals surface area contributed by atoms with Gasteiger partial charge < -0.3 is 10.8 Å². The van der Waals surface area contributed by atoms with Gasteiger partial charge in [0.05, 0.1) is 0 Å². The van der Waals surface area contributed by atoms with Gasteiger partial charge in [-0.1, -0.05) is 13.0 Å². The minimum absolute atomic E-state index is 0.230. The molecule has 0 bridgehead atoms. The first-order chi connectivity index (χ1) is 6.07. The van der Waals surface area contributed by atoms with Crippen LogP contribution >= 0.6 is 0 Å². The zero-order valence-electron chi connectivity index (χ0n) is 7.22. The lowest BCUT2D eigenvalue weighted by Crippen LogP contribution is -2.10. The second kappa shape index (κ2) is 3.70. The minimum atomic E-state index is -0.953. The summed E-state index contributed by atoms with van der Waals surface area (Å²) in [6, 6.07) is 2.32. The van der Waals surface area contributed by atoms with Crippen molar-refractivity contribution in [2.75, 3.05) is 6.54 Å². The van der Waals surface area contributed by atoms with E-state index in [0.717, 1.165) is 6.07 Å². The van der Waals surface area contributed by atoms with Crippen LogP contribution in [0.15, 0.2) is 12.1 Å². The van der Waals surface area contributed by atoms with Crippen molar-refractivity contribution in [1.29, 1.82) is 0 Å². The second-order valence-electron chi connectivity index (χ2n) is 2.94. The van der Waals surface area contributed by atoms with Crippen LogP contribution < -0.4 is 5.73 Å². The number of hydrogen-bond acceptors (Lipinski definition) is 2. The molecule has 1 aromatic rings. The topological polar surface area (TPSA) is 46.2 Å². The summed E-state index contributed by atoms with van der Waals surface area (Å²) >= 11 is 0. The van der Waals surface area contributed by atoms with Crippen LogP contribution in [0.2, 0.25) is 0 Å². The van der Waals surface area contributed by atoms with Gasteiger partial charge in [0.25, 0.3) is 0 Å². The molecule has 0 radical (unpaired) electrons. The predicted molar refractivity (Wildman–Crippen MR) is 45.5 cm³/mol. The number of halogens is 2. The fraction of sp³-hybridized carbons (Fsp3) is 0.333. The number of rotatable bonds is 2. The SMILES string of the molecule is CC(CN)c1ccc(F)c(O)c1F. The van der Waals surface area contributed by atoms with Crippen LogP contribution in [-0.4, -0.2) is 11.7 Å². The van der Waals surface area contributed by atoms with E-state index >= 15 is 0 Å². The van der Waals surface area contributed by atoms with E-state index in [1.165, 1.54) is 6.07 Å². The van der Waals surface area contributed by atoms with Crippen LogP contribution in [-0.2, 0) is 0 Å². The first-order valence-electron chi connectivity index (χ1n) is 3.94. The number of hydrogen-bond donors (Lipinski definition) is 2. The lowest BCUT2D eigenvalue weighted by molar-refractivity contribution is 0.391. The summed E-state index contributed by atoms with van der Waals surface area (Å²) in [5, 5.41) is 8.94. The molecule has 0 aliphatic heterocycles. The fourth-order valence-electron chi connectivity index (χ4n) is 1.06. The third-order valence-electron chi connectivity index (χ3n) is 1.98. The van der Waals surface area contributed by atoms with E-state index in [0.29, 0.717) is 0 Å². The van der Waals surface area contributed by atoms with Gasteiger partial charge in [0.15, 0.2) is 17.4 Å². The largest absolute Gasteiger partial charge is 0.503 e. The average molecular weight is 187 g/mol. The minimum Gasteiger partial charge on any atom is -0.503 e. The molecule has 13 heavy (non-hydrogen) atoms. The Bertz CT molecular complexity index is 315. The summed E-state index contributed by atoms with van der Waals surface area (Å²) in [7, 11) is 0. The molecule has 1 rings (SSSR count). The summed E-state index contributed by atoms with van der Waals surface area (Å²) in [6.07, 6.45) is 0. The van der Waals surface area contributed by atoms with Gasteiger partial charge >= 0.3 is 0 Å². The first kappa shape index (κ1) is 9.92. The number of phenolic OH excluding ortho intramolecular Hbond substituents is 1. The Morgan fingerprint density at radius 2 is 2.08 bits per heavy atom. The molecular weight excluding hydrogens is 176 g/mol. The summed E-state index contributed by atoms with van der Waals surface area (Å²) in [5.74, 6) is -3.03. The second-order valence-corrected chi connectivity index (χ2v) is 2.94. The van der Waals surface area contributed by atoms with Gasteiger partial charge in [-0.15, -0.1) is 0 Å². The Morgan fingerprint density at radius 3 is 2.62 bits per heavy atom. The van der Waals surface area contributed by atoms with Crippen LogP contribution in [0, 0.1) is 11.6 Å². The number of benzene rings is 1. The maximum Gasteiger partial charge on any atom is 0.188 e. The van der Waals surface area contributed by atoms with E-state index in [4.69, 9.17) is 10.8 Å². The highest BCUT2D eigenvalue weighted by molar-refractivity contribution is 5.33. The molecule has 0 heterocycles. The predicted octanol–water partition coefficient (Wildman–Crippen LogP) is 1.73. The summed E-state index contributed by atoms with van der Waals surface area (Å²) in [5.41, 5.74) is 5.56. The molecule has 1 aromatic carbocycles. The van der Waals surface area contributed by atoms with Crippen molar-refractivity contribution in [3.63, 3.8) is 0 Å². The van der Waals surface area contributed by atoms with Crippen LogP contribution in [0.4, 0.5) is 8.78 Å². The standard InChI is InChI=1S/C9H11F2NO/c1-5(4-12)6-2-3-7(10)9(13)8(6)11/h2-3,5,13H,4,12H2,1H3. The molecule has 4 heteroatoms. The van der Waals surface area contributed by atoms with Crippen molar-refractivity contribution >= 4 is 0 Å². The molecule has 0 saturated heterocycles. The van der Waals surface area contributed by atoms with Crippen LogP contribution in [0.1, 0.15) is 18.4 Å². The van der Waals surface area contributed by atoms with Gasteiger partial charge in [0.2, 0.25) is 0 Å². The molecule has 0 saturated carbocycles. The zero-order chi connectivity index (χ0) is 10.0. The van der Waals surface area contributed by atoms with E-state index < -0.39 is 17.4 Å². The average Bonchev–Trinajstić information content (AvgIpc) is 2.13. The van der Waals surface area contributed by atoms with Crippen molar-refractivity contribution in [3.05, 3.63) is 29.3 Å². The van der Waals surface area contributed by atoms with Crippen LogP contribution in [0.3, 0.4) is 0 Å². The fourth-order valence-corrected chi connectivity index (χ4v) is 1.06. The van der Waals surface area contributed by atoms with Crippen molar-refractivity contribution in [1.82, 2.24) is 0 Å². The molecule has 1 atom stereocenters. The van der Waals surface area contributed by atoms with Crippen molar-refractivity contribution in [3.8, 4) is 5.75 Å². The van der Waals surface area contributed by atoms with Gasteiger partial charge in [-0.25, -0.2) is 8.78 Å². The quantitative estimate of drug-likeness (QED) is 0.740. The monoisotopic (exact) mass is 187 g/mol. The Morgan fingerprint density at radius 1 is 1.46 bits per heavy atom. The van der Waals surface area contributed by atoms with Crippen molar-refractivity contribution < 1.29 is 13.9 Å². The lowest BCUT2D eigenvalue weighted by atomic mass is 10.0. The molecule has 2 nitrogen and oxygen atoms in total. The van der Waals surface area contributed by atoms with E-state index in [-0.39, 0.29) is 18.0 Å². The molecule has 0 amide bonds. The molecule has 3 N–H and O–H groups in total. The number of nitrogens with two attached hydrogens (primary N) is 1. The molecular formula is C9H11F2NO. The maximum atomic E-state index is 13.2. The zero-order valence-corrected chi connectivity index (χ0v) is 7.22. The summed E-state index contributed by atoms with van der Waals surface area (Å²) in [6.45, 7) is 1.96. The smallest absolute Gasteiger partial charge is 0.188 e. The van der Waals surface area contributed by atoms with Gasteiger partial charge in [-0.3, -0.25) is 0 Å². The highest BCUT2D eigenvalue weighted by Crippen LogP contribution is 2.27. The van der Waals surface area contributed by atoms with E-state index in [1.54, 1.807) is 6.92 Å². The molecule has 0 aliphatic rings. The van der Waals surface area contributed by atoms with Gasteiger partial charge in [-0.2, -0.15) is 0 Å². The molecule has 0 fully saturated rings. The third-order valence-corrected chi connectivity index (χ3v) is 1.98. The highest BCUT2D eigenvalue weighted by Gasteiger charge is 2.15. The van der Waals surface area contributed by atoms with Gasteiger partial charge in [0.1, 0.15) is 0 Å². The molecule has 0 spiro atoms. The molecule has 0 aromatic heterocycles. The number of aromatic hydroxyl groups is 1. The van der Waals surface area contributed by atoms with Crippen molar-refractivity contribution in [2.45, 2.75) is 12.8 Å². The Labute approximate surface area is 75.0 Å². The van der Waals surface area contributed by atoms with E-state index in [1.807, 2.05) is 0 Å². The van der Waals surface area contributed by atoms with E-state index in [2.05, 4.69) is 0 Å². The lowest BCUT2D eigenvalue weighted by Gasteiger charge is -2.10. The first-order valence-corrected chi connectivity index (χ1v) is 3.94. The van der Waals surface area contributed by atoms with Crippen molar-refractivity contribution in [2.24, 2.45) is 5.73 Å². The van der Waals surface area contributed by atoms with Gasteiger partial charge in [0, 0.05) is 0 Å². The Kier molecular flexibility index (Phi) is 2.83. The number of phenols is 1. The van der Waals surface area contributed by atoms with Crippen LogP contribution in [0.25, 0.3) is 0 Å². The normalized spacial score (nSPS) is 12.9. The third kappa shape index (κ3) is 1.78. The summed E-state index contributed by atoms with van der Waals surface area (Å²) < 4.78 is 25.8. The highest BCUT2D eigenvalue weighted by atomic mass is 19.1. The Hall–Kier alpha value is -1.16. The van der Waals surface area contributed by atoms with E-state index in [9.17, 15) is 8.78 Å². The summed E-state index contributed by atoms with van der Waals surface area (Å²) in [4.78, 5) is 0. The maximum absolute atomic E-state index is 13.2. The van der Waals surface area contributed by atoms with Gasteiger partial charge in [-0.05, 0) is 24.1 Å². The van der Waals surface area contributed by atoms with Crippen LogP contribution in [0.5, 0.6) is 5.75 Å². The molecule has 1 unspecified atom stereocenters. The molecule has 0 aliphatic carbocycles. The Balaban J connectivity index is 3.18. The molecule has 72 valence electrons.